The molecular weight excluding hydrogens is 222 g/mol. The van der Waals surface area contributed by atoms with Gasteiger partial charge < -0.3 is 4.74 Å². The highest BCUT2D eigenvalue weighted by Gasteiger charge is 2.33. The summed E-state index contributed by atoms with van der Waals surface area (Å²) < 4.78 is 5.00. The van der Waals surface area contributed by atoms with Crippen molar-refractivity contribution in [2.24, 2.45) is 0 Å². The summed E-state index contributed by atoms with van der Waals surface area (Å²) in [6, 6.07) is -0.855. The molecule has 0 spiro atoms. The average Bonchev–Trinajstić information content (AvgIpc) is 2.63. The SMILES string of the molecule is CCCCCOC(=O)[C@H](C)N1C(=O)C=CC1=O. The molecule has 1 aliphatic rings. The molecule has 0 bridgehead atoms. The second-order valence-electron chi connectivity index (χ2n) is 3.93. The predicted octanol–water partition coefficient (Wildman–Crippen LogP) is 1.03. The van der Waals surface area contributed by atoms with Gasteiger partial charge in [-0.2, -0.15) is 0 Å². The van der Waals surface area contributed by atoms with Crippen LogP contribution in [-0.4, -0.2) is 35.3 Å². The number of hydrogen-bond acceptors (Lipinski definition) is 4. The summed E-state index contributed by atoms with van der Waals surface area (Å²) >= 11 is 0. The molecule has 1 rings (SSSR count). The number of carbonyl (C=O) groups is 3. The first-order valence-corrected chi connectivity index (χ1v) is 5.79. The van der Waals surface area contributed by atoms with E-state index >= 15 is 0 Å². The van der Waals surface area contributed by atoms with Crippen molar-refractivity contribution in [3.05, 3.63) is 12.2 Å². The van der Waals surface area contributed by atoms with Gasteiger partial charge >= 0.3 is 5.97 Å². The molecule has 0 aromatic carbocycles. The van der Waals surface area contributed by atoms with E-state index in [1.54, 1.807) is 0 Å². The first kappa shape index (κ1) is 13.4. The third-order valence-electron chi connectivity index (χ3n) is 2.56. The highest BCUT2D eigenvalue weighted by molar-refractivity contribution is 6.14. The van der Waals surface area contributed by atoms with Crippen LogP contribution in [0.3, 0.4) is 0 Å². The van der Waals surface area contributed by atoms with Crippen molar-refractivity contribution >= 4 is 17.8 Å². The Labute approximate surface area is 100 Å². The first-order valence-electron chi connectivity index (χ1n) is 5.79. The zero-order chi connectivity index (χ0) is 12.8. The van der Waals surface area contributed by atoms with Gasteiger partial charge in [0, 0.05) is 12.2 Å². The summed E-state index contributed by atoms with van der Waals surface area (Å²) in [7, 11) is 0. The minimum absolute atomic E-state index is 0.334. The Bertz CT molecular complexity index is 330. The zero-order valence-electron chi connectivity index (χ0n) is 10.1. The monoisotopic (exact) mass is 239 g/mol. The molecule has 0 radical (unpaired) electrons. The van der Waals surface area contributed by atoms with Crippen molar-refractivity contribution in [2.45, 2.75) is 39.2 Å². The fraction of sp³-hybridized carbons (Fsp3) is 0.583. The molecule has 17 heavy (non-hydrogen) atoms. The van der Waals surface area contributed by atoms with Crippen LogP contribution in [0.2, 0.25) is 0 Å². The van der Waals surface area contributed by atoms with E-state index < -0.39 is 23.8 Å². The molecule has 1 aliphatic heterocycles. The summed E-state index contributed by atoms with van der Waals surface area (Å²) in [5.74, 6) is -1.47. The van der Waals surface area contributed by atoms with Crippen LogP contribution in [0.25, 0.3) is 0 Å². The Morgan fingerprint density at radius 3 is 2.41 bits per heavy atom. The number of hydrogen-bond donors (Lipinski definition) is 0. The fourth-order valence-electron chi connectivity index (χ4n) is 1.54. The molecule has 0 saturated carbocycles. The molecule has 0 aliphatic carbocycles. The Balaban J connectivity index is 2.41. The lowest BCUT2D eigenvalue weighted by atomic mass is 10.2. The standard InChI is InChI=1S/C12H17NO4/c1-3-4-5-8-17-12(16)9(2)13-10(14)6-7-11(13)15/h6-7,9H,3-5,8H2,1-2H3/t9-/m0/s1. The van der Waals surface area contributed by atoms with Gasteiger partial charge in [-0.1, -0.05) is 19.8 Å². The van der Waals surface area contributed by atoms with Gasteiger partial charge in [0.2, 0.25) is 0 Å². The van der Waals surface area contributed by atoms with E-state index in [1.807, 2.05) is 0 Å². The van der Waals surface area contributed by atoms with Crippen molar-refractivity contribution in [1.29, 1.82) is 0 Å². The van der Waals surface area contributed by atoms with Crippen molar-refractivity contribution in [1.82, 2.24) is 4.90 Å². The Morgan fingerprint density at radius 1 is 1.29 bits per heavy atom. The van der Waals surface area contributed by atoms with Crippen LogP contribution in [0.1, 0.15) is 33.1 Å². The molecule has 0 aromatic rings. The number of nitrogens with zero attached hydrogens (tertiary/aromatic N) is 1. The van der Waals surface area contributed by atoms with Crippen LogP contribution < -0.4 is 0 Å². The second-order valence-corrected chi connectivity index (χ2v) is 3.93. The van der Waals surface area contributed by atoms with E-state index in [4.69, 9.17) is 4.74 Å². The highest BCUT2D eigenvalue weighted by atomic mass is 16.5. The number of amides is 2. The largest absolute Gasteiger partial charge is 0.464 e. The van der Waals surface area contributed by atoms with Gasteiger partial charge in [0.25, 0.3) is 11.8 Å². The van der Waals surface area contributed by atoms with Gasteiger partial charge in [-0.15, -0.1) is 0 Å². The predicted molar refractivity (Wildman–Crippen MR) is 60.9 cm³/mol. The van der Waals surface area contributed by atoms with Crippen LogP contribution in [0.15, 0.2) is 12.2 Å². The summed E-state index contributed by atoms with van der Waals surface area (Å²) in [4.78, 5) is 35.1. The van der Waals surface area contributed by atoms with E-state index in [-0.39, 0.29) is 0 Å². The molecule has 2 amide bonds. The average molecular weight is 239 g/mol. The van der Waals surface area contributed by atoms with Crippen molar-refractivity contribution in [3.8, 4) is 0 Å². The van der Waals surface area contributed by atoms with Crippen LogP contribution in [0.4, 0.5) is 0 Å². The highest BCUT2D eigenvalue weighted by Crippen LogP contribution is 2.10. The summed E-state index contributed by atoms with van der Waals surface area (Å²) in [5, 5.41) is 0. The minimum Gasteiger partial charge on any atom is -0.464 e. The molecule has 1 heterocycles. The van der Waals surface area contributed by atoms with Crippen molar-refractivity contribution in [3.63, 3.8) is 0 Å². The van der Waals surface area contributed by atoms with Gasteiger partial charge in [-0.05, 0) is 13.3 Å². The molecule has 1 atom stereocenters. The molecule has 0 aromatic heterocycles. The Kier molecular flexibility index (Phi) is 4.87. The summed E-state index contributed by atoms with van der Waals surface area (Å²) in [6.45, 7) is 3.88. The molecule has 94 valence electrons. The van der Waals surface area contributed by atoms with E-state index in [9.17, 15) is 14.4 Å². The molecule has 5 heteroatoms. The maximum atomic E-state index is 11.6. The summed E-state index contributed by atoms with van der Waals surface area (Å²) in [5.41, 5.74) is 0. The zero-order valence-corrected chi connectivity index (χ0v) is 10.1. The number of carbonyl (C=O) groups excluding carboxylic acids is 3. The van der Waals surface area contributed by atoms with Crippen LogP contribution in [0, 0.1) is 0 Å². The van der Waals surface area contributed by atoms with Crippen molar-refractivity contribution in [2.75, 3.05) is 6.61 Å². The third kappa shape index (κ3) is 3.41. The lowest BCUT2D eigenvalue weighted by Crippen LogP contribution is -2.43. The van der Waals surface area contributed by atoms with Gasteiger partial charge in [-0.25, -0.2) is 4.79 Å². The third-order valence-corrected chi connectivity index (χ3v) is 2.56. The molecular formula is C12H17NO4. The molecule has 0 saturated heterocycles. The maximum absolute atomic E-state index is 11.6. The number of esters is 1. The van der Waals surface area contributed by atoms with Crippen LogP contribution in [-0.2, 0) is 19.1 Å². The van der Waals surface area contributed by atoms with Crippen LogP contribution in [0.5, 0.6) is 0 Å². The second kappa shape index (κ2) is 6.18. The number of rotatable bonds is 6. The van der Waals surface area contributed by atoms with Gasteiger partial charge in [0.05, 0.1) is 6.61 Å². The lowest BCUT2D eigenvalue weighted by Gasteiger charge is -2.20. The molecule has 5 nitrogen and oxygen atoms in total. The first-order chi connectivity index (χ1) is 8.07. The van der Waals surface area contributed by atoms with E-state index in [0.29, 0.717) is 6.61 Å². The Morgan fingerprint density at radius 2 is 1.88 bits per heavy atom. The lowest BCUT2D eigenvalue weighted by molar-refractivity contribution is -0.156. The number of imide groups is 1. The smallest absolute Gasteiger partial charge is 0.329 e. The topological polar surface area (TPSA) is 63.7 Å². The van der Waals surface area contributed by atoms with Gasteiger partial charge in [0.15, 0.2) is 0 Å². The maximum Gasteiger partial charge on any atom is 0.329 e. The molecule has 0 unspecified atom stereocenters. The number of unbranched alkanes of at least 4 members (excludes halogenated alkanes) is 2. The molecule has 0 N–H and O–H groups in total. The normalized spacial score (nSPS) is 16.5. The van der Waals surface area contributed by atoms with Gasteiger partial charge in [-0.3, -0.25) is 14.5 Å². The molecule has 0 fully saturated rings. The fourth-order valence-corrected chi connectivity index (χ4v) is 1.54. The van der Waals surface area contributed by atoms with E-state index in [1.165, 1.54) is 6.92 Å². The number of ether oxygens (including phenoxy) is 1. The Hall–Kier alpha value is -1.65. The van der Waals surface area contributed by atoms with E-state index in [2.05, 4.69) is 6.92 Å². The summed E-state index contributed by atoms with van der Waals surface area (Å²) in [6.07, 6.45) is 5.15. The van der Waals surface area contributed by atoms with Crippen molar-refractivity contribution < 1.29 is 19.1 Å². The van der Waals surface area contributed by atoms with E-state index in [0.717, 1.165) is 36.3 Å². The quantitative estimate of drug-likeness (QED) is 0.394. The minimum atomic E-state index is -0.855. The van der Waals surface area contributed by atoms with Gasteiger partial charge in [0.1, 0.15) is 6.04 Å². The van der Waals surface area contributed by atoms with Crippen LogP contribution >= 0.6 is 0 Å².